The van der Waals surface area contributed by atoms with Crippen molar-refractivity contribution in [1.82, 2.24) is 19.9 Å². The number of sulfone groups is 2. The fraction of sp³-hybridized carbons (Fsp3) is 0.360. The van der Waals surface area contributed by atoms with Crippen LogP contribution in [0.1, 0.15) is 82.5 Å². The van der Waals surface area contributed by atoms with Gasteiger partial charge in [0.05, 0.1) is 60.6 Å². The minimum absolute atomic E-state index is 0.0568. The molecule has 0 unspecified atom stereocenters. The van der Waals surface area contributed by atoms with Gasteiger partial charge in [-0.2, -0.15) is 26.3 Å². The van der Waals surface area contributed by atoms with Crippen LogP contribution in [0.5, 0.6) is 23.0 Å². The molecule has 4 aliphatic rings. The number of fused-ring (bicyclic) bond motifs is 2. The number of aromatic nitrogens is 4. The average molecular weight is 1040 g/mol. The van der Waals surface area contributed by atoms with E-state index in [4.69, 9.17) is 28.4 Å². The molecule has 4 aliphatic heterocycles. The lowest BCUT2D eigenvalue weighted by Gasteiger charge is -2.29. The van der Waals surface area contributed by atoms with Gasteiger partial charge in [0, 0.05) is 71.7 Å². The maximum atomic E-state index is 13.4. The van der Waals surface area contributed by atoms with Gasteiger partial charge in [0.1, 0.15) is 58.4 Å². The molecule has 0 saturated carbocycles. The van der Waals surface area contributed by atoms with Gasteiger partial charge in [-0.15, -0.1) is 0 Å². The van der Waals surface area contributed by atoms with Crippen molar-refractivity contribution in [2.24, 2.45) is 0 Å². The standard InChI is InChI=1S/2C25H23F3N2O5S/c2*26-25(27,28)16-2-4-21(23(12-16)35-17-6-10-33-14-17)19-7-11-34-22-13-18(3-5-20(19)22)36(31,32)15-24-29-8-1-9-30-24/h2*1-5,8-9,12-13,17,19H,6-7,10-11,14-15H2/t17-,19+;17-,19-/m00/s1. The fourth-order valence-electron chi connectivity index (χ4n) is 8.86. The quantitative estimate of drug-likeness (QED) is 0.106. The molecule has 2 aromatic heterocycles. The van der Waals surface area contributed by atoms with Crippen LogP contribution in [0.4, 0.5) is 26.3 Å². The molecule has 0 spiro atoms. The molecule has 4 atom stereocenters. The summed E-state index contributed by atoms with van der Waals surface area (Å²) >= 11 is 0. The van der Waals surface area contributed by atoms with E-state index in [1.807, 2.05) is 0 Å². The molecule has 0 aliphatic carbocycles. The van der Waals surface area contributed by atoms with E-state index in [1.165, 1.54) is 61.2 Å². The molecule has 14 nitrogen and oxygen atoms in total. The van der Waals surface area contributed by atoms with E-state index in [-0.39, 0.29) is 81.7 Å². The van der Waals surface area contributed by atoms with Crippen molar-refractivity contribution in [3.63, 3.8) is 0 Å². The molecule has 380 valence electrons. The lowest BCUT2D eigenvalue weighted by atomic mass is 9.85. The minimum Gasteiger partial charge on any atom is -0.493 e. The third-order valence-electron chi connectivity index (χ3n) is 12.4. The summed E-state index contributed by atoms with van der Waals surface area (Å²) in [6, 6.07) is 19.4. The number of hydrogen-bond donors (Lipinski definition) is 0. The molecular formula is C50H46F6N4O10S2. The normalized spacial score (nSPS) is 20.0. The van der Waals surface area contributed by atoms with E-state index < -0.39 is 43.2 Å². The number of rotatable bonds is 12. The van der Waals surface area contributed by atoms with Crippen LogP contribution in [-0.2, 0) is 53.0 Å². The van der Waals surface area contributed by atoms with Gasteiger partial charge >= 0.3 is 12.4 Å². The van der Waals surface area contributed by atoms with Crippen molar-refractivity contribution < 1.29 is 71.6 Å². The van der Waals surface area contributed by atoms with Crippen molar-refractivity contribution in [3.05, 3.63) is 155 Å². The van der Waals surface area contributed by atoms with Crippen molar-refractivity contribution in [2.45, 2.75) is 83.4 Å². The monoisotopic (exact) mass is 1040 g/mol. The van der Waals surface area contributed by atoms with E-state index in [0.717, 1.165) is 24.3 Å². The maximum Gasteiger partial charge on any atom is 0.416 e. The Bertz CT molecular complexity index is 2900. The van der Waals surface area contributed by atoms with Crippen LogP contribution in [0.2, 0.25) is 0 Å². The lowest BCUT2D eigenvalue weighted by molar-refractivity contribution is -0.138. The summed E-state index contributed by atoms with van der Waals surface area (Å²) in [5.74, 6) is 0.00485. The lowest BCUT2D eigenvalue weighted by Crippen LogP contribution is -2.21. The van der Waals surface area contributed by atoms with E-state index in [2.05, 4.69) is 19.9 Å². The van der Waals surface area contributed by atoms with Gasteiger partial charge in [-0.05, 0) is 73.5 Å². The summed E-state index contributed by atoms with van der Waals surface area (Å²) in [6.07, 6.45) is -1.62. The number of halogens is 6. The predicted octanol–water partition coefficient (Wildman–Crippen LogP) is 9.10. The Morgan fingerprint density at radius 2 is 0.889 bits per heavy atom. The Kier molecular flexibility index (Phi) is 14.8. The molecule has 0 bridgehead atoms. The topological polar surface area (TPSA) is 175 Å². The van der Waals surface area contributed by atoms with Crippen molar-refractivity contribution in [3.8, 4) is 23.0 Å². The van der Waals surface area contributed by atoms with Crippen LogP contribution in [0.25, 0.3) is 0 Å². The molecule has 0 N–H and O–H groups in total. The molecule has 6 aromatic rings. The van der Waals surface area contributed by atoms with Gasteiger partial charge in [0.15, 0.2) is 19.7 Å². The first-order chi connectivity index (χ1) is 34.4. The molecule has 22 heteroatoms. The van der Waals surface area contributed by atoms with E-state index in [0.29, 0.717) is 85.9 Å². The average Bonchev–Trinajstić information content (AvgIpc) is 4.09. The Morgan fingerprint density at radius 3 is 1.25 bits per heavy atom. The van der Waals surface area contributed by atoms with Crippen molar-refractivity contribution in [1.29, 1.82) is 0 Å². The van der Waals surface area contributed by atoms with Crippen LogP contribution < -0.4 is 18.9 Å². The molecule has 2 saturated heterocycles. The van der Waals surface area contributed by atoms with Gasteiger partial charge in [-0.1, -0.05) is 24.3 Å². The van der Waals surface area contributed by atoms with Gasteiger partial charge in [0.2, 0.25) is 0 Å². The van der Waals surface area contributed by atoms with Gasteiger partial charge in [0.25, 0.3) is 0 Å². The summed E-state index contributed by atoms with van der Waals surface area (Å²) in [7, 11) is -7.49. The summed E-state index contributed by atoms with van der Waals surface area (Å²) in [5.41, 5.74) is 0.960. The highest BCUT2D eigenvalue weighted by Gasteiger charge is 2.37. The first-order valence-electron chi connectivity index (χ1n) is 22.8. The third-order valence-corrected chi connectivity index (χ3v) is 15.7. The number of alkyl halides is 6. The van der Waals surface area contributed by atoms with Gasteiger partial charge in [-0.3, -0.25) is 0 Å². The van der Waals surface area contributed by atoms with E-state index >= 15 is 0 Å². The second-order valence-electron chi connectivity index (χ2n) is 17.3. The Hall–Kier alpha value is -6.36. The van der Waals surface area contributed by atoms with Crippen molar-refractivity contribution >= 4 is 19.7 Å². The van der Waals surface area contributed by atoms with Gasteiger partial charge < -0.3 is 28.4 Å². The van der Waals surface area contributed by atoms with Crippen LogP contribution >= 0.6 is 0 Å². The summed E-state index contributed by atoms with van der Waals surface area (Å²) in [4.78, 5) is 16.0. The smallest absolute Gasteiger partial charge is 0.416 e. The molecular weight excluding hydrogens is 995 g/mol. The second kappa shape index (κ2) is 21.0. The summed E-state index contributed by atoms with van der Waals surface area (Å²) in [6.45, 7) is 2.15. The highest BCUT2D eigenvalue weighted by Crippen LogP contribution is 2.47. The van der Waals surface area contributed by atoms with Gasteiger partial charge in [-0.25, -0.2) is 36.8 Å². The minimum atomic E-state index is -4.51. The van der Waals surface area contributed by atoms with E-state index in [1.54, 1.807) is 24.3 Å². The number of ether oxygens (including phenoxy) is 6. The zero-order chi connectivity index (χ0) is 50.7. The van der Waals surface area contributed by atoms with Crippen molar-refractivity contribution in [2.75, 3.05) is 39.6 Å². The zero-order valence-electron chi connectivity index (χ0n) is 38.1. The first kappa shape index (κ1) is 50.6. The molecule has 72 heavy (non-hydrogen) atoms. The molecule has 4 aromatic carbocycles. The Morgan fingerprint density at radius 1 is 0.500 bits per heavy atom. The van der Waals surface area contributed by atoms with Crippen LogP contribution in [0.15, 0.2) is 120 Å². The zero-order valence-corrected chi connectivity index (χ0v) is 39.8. The van der Waals surface area contributed by atoms with E-state index in [9.17, 15) is 43.2 Å². The number of hydrogen-bond acceptors (Lipinski definition) is 14. The predicted molar refractivity (Wildman–Crippen MR) is 245 cm³/mol. The van der Waals surface area contributed by atoms with Crippen LogP contribution in [-0.4, -0.2) is 88.6 Å². The number of nitrogens with zero attached hydrogens (tertiary/aromatic N) is 4. The Labute approximate surface area is 410 Å². The first-order valence-corrected chi connectivity index (χ1v) is 26.1. The maximum absolute atomic E-state index is 13.4. The molecule has 10 rings (SSSR count). The largest absolute Gasteiger partial charge is 0.493 e. The fourth-order valence-corrected chi connectivity index (χ4v) is 11.3. The second-order valence-corrected chi connectivity index (χ2v) is 21.3. The third kappa shape index (κ3) is 11.8. The summed E-state index contributed by atoms with van der Waals surface area (Å²) in [5, 5.41) is 0. The van der Waals surface area contributed by atoms with Crippen LogP contribution in [0.3, 0.4) is 0 Å². The molecule has 6 heterocycles. The highest BCUT2D eigenvalue weighted by atomic mass is 32.2. The molecule has 2 fully saturated rings. The summed E-state index contributed by atoms with van der Waals surface area (Å²) < 4.78 is 167. The molecule has 0 radical (unpaired) electrons. The molecule has 0 amide bonds. The van der Waals surface area contributed by atoms with Crippen LogP contribution in [0, 0.1) is 0 Å². The highest BCUT2D eigenvalue weighted by molar-refractivity contribution is 7.91. The Balaban J connectivity index is 0.000000178. The number of benzene rings is 4. The SMILES string of the molecule is O=S(=O)(Cc1ncccn1)c1ccc2c(c1)OCC[C@@H]2c1ccc(C(F)(F)F)cc1O[C@H]1CCOC1.O=S(=O)(Cc1ncccn1)c1ccc2c(c1)OCC[C@H]2c1ccc(C(F)(F)F)cc1O[C@H]1CCOC1.